The van der Waals surface area contributed by atoms with Crippen LogP contribution in [-0.4, -0.2) is 76.0 Å². The number of nitrogens with zero attached hydrogens (tertiary/aromatic N) is 5. The van der Waals surface area contributed by atoms with Crippen LogP contribution in [0.25, 0.3) is 16.7 Å². The van der Waals surface area contributed by atoms with E-state index < -0.39 is 0 Å². The standard InChI is InChI=1S/C27H34BrN5O/c1-2-12-30-15-17-32(18-16-30)27(34)21-10-13-31(14-11-21)20-26-29-24-8-3-4-9-25(24)33(26)23-7-5-6-22(28)19-23/h3-9,19,21H,2,10-18,20H2,1H3. The predicted molar refractivity (Wildman–Crippen MR) is 140 cm³/mol. The number of piperazine rings is 1. The number of aromatic nitrogens is 2. The molecule has 1 aromatic heterocycles. The molecule has 6 nitrogen and oxygen atoms in total. The molecule has 0 unspecified atom stereocenters. The lowest BCUT2D eigenvalue weighted by Gasteiger charge is -2.38. The van der Waals surface area contributed by atoms with Crippen LogP contribution >= 0.6 is 15.9 Å². The largest absolute Gasteiger partial charge is 0.340 e. The first-order valence-electron chi connectivity index (χ1n) is 12.6. The van der Waals surface area contributed by atoms with Crippen LogP contribution in [0.2, 0.25) is 0 Å². The molecule has 0 N–H and O–H groups in total. The molecular formula is C27H34BrN5O. The van der Waals surface area contributed by atoms with Crippen molar-refractivity contribution in [2.75, 3.05) is 45.8 Å². The fraction of sp³-hybridized carbons (Fsp3) is 0.481. The maximum absolute atomic E-state index is 13.1. The van der Waals surface area contributed by atoms with Gasteiger partial charge in [-0.3, -0.25) is 19.2 Å². The topological polar surface area (TPSA) is 44.6 Å². The van der Waals surface area contributed by atoms with Crippen molar-refractivity contribution in [3.63, 3.8) is 0 Å². The molecule has 0 spiro atoms. The van der Waals surface area contributed by atoms with E-state index >= 15 is 0 Å². The minimum Gasteiger partial charge on any atom is -0.340 e. The third-order valence-electron chi connectivity index (χ3n) is 7.22. The number of carbonyl (C=O) groups is 1. The monoisotopic (exact) mass is 523 g/mol. The first-order valence-corrected chi connectivity index (χ1v) is 13.4. The van der Waals surface area contributed by atoms with Crippen molar-refractivity contribution < 1.29 is 4.79 Å². The van der Waals surface area contributed by atoms with Crippen molar-refractivity contribution in [1.29, 1.82) is 0 Å². The van der Waals surface area contributed by atoms with Crippen LogP contribution in [-0.2, 0) is 11.3 Å². The van der Waals surface area contributed by atoms with Crippen molar-refractivity contribution in [2.24, 2.45) is 5.92 Å². The summed E-state index contributed by atoms with van der Waals surface area (Å²) in [6.45, 7) is 9.84. The summed E-state index contributed by atoms with van der Waals surface area (Å²) in [6.07, 6.45) is 3.05. The Kier molecular flexibility index (Phi) is 7.32. The molecule has 2 saturated heterocycles. The Hall–Kier alpha value is -2.22. The van der Waals surface area contributed by atoms with Crippen LogP contribution < -0.4 is 0 Å². The number of hydrogen-bond acceptors (Lipinski definition) is 4. The fourth-order valence-corrected chi connectivity index (χ4v) is 5.78. The van der Waals surface area contributed by atoms with Gasteiger partial charge in [0.15, 0.2) is 0 Å². The second-order valence-electron chi connectivity index (χ2n) is 9.55. The third-order valence-corrected chi connectivity index (χ3v) is 7.72. The second-order valence-corrected chi connectivity index (χ2v) is 10.5. The zero-order valence-electron chi connectivity index (χ0n) is 20.0. The fourth-order valence-electron chi connectivity index (χ4n) is 5.39. The maximum atomic E-state index is 13.1. The van der Waals surface area contributed by atoms with E-state index in [4.69, 9.17) is 4.98 Å². The minimum atomic E-state index is 0.165. The van der Waals surface area contributed by atoms with Crippen LogP contribution in [0.5, 0.6) is 0 Å². The van der Waals surface area contributed by atoms with Crippen molar-refractivity contribution in [2.45, 2.75) is 32.7 Å². The molecule has 2 aliphatic heterocycles. The normalized spacial score (nSPS) is 18.6. The minimum absolute atomic E-state index is 0.165. The number of likely N-dealkylation sites (tertiary alicyclic amines) is 1. The Morgan fingerprint density at radius 1 is 0.971 bits per heavy atom. The van der Waals surface area contributed by atoms with Crippen LogP contribution in [0.1, 0.15) is 32.0 Å². The Balaban J connectivity index is 1.24. The second kappa shape index (κ2) is 10.6. The molecule has 2 fully saturated rings. The third kappa shape index (κ3) is 5.07. The van der Waals surface area contributed by atoms with Gasteiger partial charge in [-0.1, -0.05) is 41.1 Å². The van der Waals surface area contributed by atoms with Gasteiger partial charge in [0.2, 0.25) is 5.91 Å². The summed E-state index contributed by atoms with van der Waals surface area (Å²) < 4.78 is 3.33. The molecule has 3 aromatic rings. The molecule has 2 aliphatic rings. The van der Waals surface area contributed by atoms with Crippen molar-refractivity contribution >= 4 is 32.9 Å². The number of amides is 1. The van der Waals surface area contributed by atoms with E-state index in [1.165, 1.54) is 6.42 Å². The number of fused-ring (bicyclic) bond motifs is 1. The predicted octanol–water partition coefficient (Wildman–Crippen LogP) is 4.55. The van der Waals surface area contributed by atoms with Gasteiger partial charge in [0.05, 0.1) is 17.6 Å². The van der Waals surface area contributed by atoms with Crippen molar-refractivity contribution in [3.05, 3.63) is 58.8 Å². The Morgan fingerprint density at radius 2 is 1.74 bits per heavy atom. The smallest absolute Gasteiger partial charge is 0.225 e. The van der Waals surface area contributed by atoms with E-state index in [1.807, 2.05) is 12.1 Å². The quantitative estimate of drug-likeness (QED) is 0.475. The SMILES string of the molecule is CCCN1CCN(C(=O)C2CCN(Cc3nc4ccccc4n3-c3cccc(Br)c3)CC2)CC1. The summed E-state index contributed by atoms with van der Waals surface area (Å²) in [5.74, 6) is 1.59. The van der Waals surface area contributed by atoms with E-state index in [9.17, 15) is 4.79 Å². The van der Waals surface area contributed by atoms with E-state index in [2.05, 4.69) is 78.5 Å². The number of hydrogen-bond donors (Lipinski definition) is 0. The Bertz CT molecular complexity index is 1130. The molecule has 180 valence electrons. The molecule has 2 aromatic carbocycles. The molecule has 1 amide bonds. The van der Waals surface area contributed by atoms with Gasteiger partial charge in [-0.05, 0) is 69.2 Å². The summed E-state index contributed by atoms with van der Waals surface area (Å²) in [5.41, 5.74) is 3.26. The molecule has 5 rings (SSSR count). The zero-order valence-corrected chi connectivity index (χ0v) is 21.6. The van der Waals surface area contributed by atoms with Gasteiger partial charge < -0.3 is 4.90 Å². The van der Waals surface area contributed by atoms with Crippen molar-refractivity contribution in [1.82, 2.24) is 24.3 Å². The summed E-state index contributed by atoms with van der Waals surface area (Å²) >= 11 is 3.62. The lowest BCUT2D eigenvalue weighted by Crippen LogP contribution is -2.51. The molecule has 0 aliphatic carbocycles. The summed E-state index contributed by atoms with van der Waals surface area (Å²) in [6, 6.07) is 16.7. The molecule has 7 heteroatoms. The molecule has 0 atom stereocenters. The van der Waals surface area contributed by atoms with Crippen molar-refractivity contribution in [3.8, 4) is 5.69 Å². The van der Waals surface area contributed by atoms with E-state index in [0.717, 1.165) is 92.2 Å². The van der Waals surface area contributed by atoms with Crippen LogP contribution in [0.3, 0.4) is 0 Å². The first kappa shape index (κ1) is 23.5. The van der Waals surface area contributed by atoms with Gasteiger partial charge in [-0.2, -0.15) is 0 Å². The van der Waals surface area contributed by atoms with Gasteiger partial charge in [-0.15, -0.1) is 0 Å². The number of benzene rings is 2. The van der Waals surface area contributed by atoms with E-state index in [-0.39, 0.29) is 5.92 Å². The highest BCUT2D eigenvalue weighted by Gasteiger charge is 2.30. The average molecular weight is 525 g/mol. The number of rotatable bonds is 6. The van der Waals surface area contributed by atoms with Gasteiger partial charge in [0, 0.05) is 42.3 Å². The average Bonchev–Trinajstić information content (AvgIpc) is 3.22. The van der Waals surface area contributed by atoms with Gasteiger partial charge in [0.25, 0.3) is 0 Å². The molecule has 0 saturated carbocycles. The number of carbonyl (C=O) groups excluding carboxylic acids is 1. The van der Waals surface area contributed by atoms with Gasteiger partial charge in [0.1, 0.15) is 5.82 Å². The maximum Gasteiger partial charge on any atom is 0.225 e. The first-order chi connectivity index (χ1) is 16.6. The highest BCUT2D eigenvalue weighted by atomic mass is 79.9. The van der Waals surface area contributed by atoms with Crippen LogP contribution in [0.15, 0.2) is 53.0 Å². The number of halogens is 1. The lowest BCUT2D eigenvalue weighted by atomic mass is 9.95. The molecular weight excluding hydrogens is 490 g/mol. The Labute approximate surface area is 210 Å². The van der Waals surface area contributed by atoms with Gasteiger partial charge >= 0.3 is 0 Å². The number of imidazole rings is 1. The lowest BCUT2D eigenvalue weighted by molar-refractivity contribution is -0.138. The summed E-state index contributed by atoms with van der Waals surface area (Å²) in [7, 11) is 0. The molecule has 0 bridgehead atoms. The molecule has 0 radical (unpaired) electrons. The molecule has 34 heavy (non-hydrogen) atoms. The van der Waals surface area contributed by atoms with E-state index in [0.29, 0.717) is 5.91 Å². The van der Waals surface area contributed by atoms with Crippen LogP contribution in [0, 0.1) is 5.92 Å². The number of piperidine rings is 1. The highest BCUT2D eigenvalue weighted by molar-refractivity contribution is 9.10. The van der Waals surface area contributed by atoms with E-state index in [1.54, 1.807) is 0 Å². The summed E-state index contributed by atoms with van der Waals surface area (Å²) in [5, 5.41) is 0. The zero-order chi connectivity index (χ0) is 23.5. The Morgan fingerprint density at radius 3 is 2.47 bits per heavy atom. The highest BCUT2D eigenvalue weighted by Crippen LogP contribution is 2.27. The summed E-state index contributed by atoms with van der Waals surface area (Å²) in [4.78, 5) is 25.2. The number of para-hydroxylation sites is 2. The van der Waals surface area contributed by atoms with Gasteiger partial charge in [-0.25, -0.2) is 4.98 Å². The molecule has 3 heterocycles. The van der Waals surface area contributed by atoms with Crippen LogP contribution in [0.4, 0.5) is 0 Å².